The molecule has 20 heavy (non-hydrogen) atoms. The van der Waals surface area contributed by atoms with Gasteiger partial charge in [-0.25, -0.2) is 4.79 Å². The zero-order chi connectivity index (χ0) is 15.2. The third-order valence-corrected chi connectivity index (χ3v) is 4.36. The van der Waals surface area contributed by atoms with Crippen LogP contribution in [0.3, 0.4) is 0 Å². The largest absolute Gasteiger partial charge is 0.337 e. The third kappa shape index (κ3) is 5.14. The van der Waals surface area contributed by atoms with Crippen molar-refractivity contribution in [3.63, 3.8) is 0 Å². The molecule has 0 radical (unpaired) electrons. The number of thioether (sulfide) groups is 1. The number of hydrogen-bond donors (Lipinski definition) is 2. The van der Waals surface area contributed by atoms with Crippen LogP contribution in [0, 0.1) is 11.3 Å². The number of hydrogen-bond acceptors (Lipinski definition) is 3. The molecule has 0 aliphatic rings. The number of carbonyl (C=O) groups excluding carboxylic acids is 1. The number of nitrogens with zero attached hydrogens (tertiary/aromatic N) is 1. The first kappa shape index (κ1) is 16.4. The van der Waals surface area contributed by atoms with Gasteiger partial charge in [0.05, 0.1) is 17.7 Å². The van der Waals surface area contributed by atoms with E-state index in [1.54, 1.807) is 23.9 Å². The Kier molecular flexibility index (Phi) is 5.90. The molecule has 0 fully saturated rings. The fourth-order valence-electron chi connectivity index (χ4n) is 1.54. The van der Waals surface area contributed by atoms with Crippen LogP contribution in [-0.4, -0.2) is 23.6 Å². The minimum Gasteiger partial charge on any atom is -0.337 e. The van der Waals surface area contributed by atoms with Gasteiger partial charge in [-0.05, 0) is 44.7 Å². The molecule has 1 aromatic rings. The van der Waals surface area contributed by atoms with Gasteiger partial charge in [-0.1, -0.05) is 12.1 Å². The minimum absolute atomic E-state index is 0.0228. The highest BCUT2D eigenvalue weighted by molar-refractivity contribution is 7.99. The third-order valence-electron chi connectivity index (χ3n) is 3.11. The van der Waals surface area contributed by atoms with Gasteiger partial charge >= 0.3 is 6.03 Å². The lowest BCUT2D eigenvalue weighted by Gasteiger charge is -2.23. The molecule has 1 atom stereocenters. The monoisotopic (exact) mass is 291 g/mol. The molecule has 0 spiro atoms. The Balaban J connectivity index is 2.51. The fourth-order valence-corrected chi connectivity index (χ4v) is 1.76. The average molecular weight is 291 g/mol. The van der Waals surface area contributed by atoms with Gasteiger partial charge in [-0.2, -0.15) is 17.0 Å². The first-order valence-electron chi connectivity index (χ1n) is 6.47. The maximum absolute atomic E-state index is 11.8. The number of amides is 2. The van der Waals surface area contributed by atoms with Crippen LogP contribution in [-0.2, 0) is 0 Å². The van der Waals surface area contributed by atoms with Crippen molar-refractivity contribution >= 4 is 17.8 Å². The highest BCUT2D eigenvalue weighted by atomic mass is 32.2. The van der Waals surface area contributed by atoms with Crippen molar-refractivity contribution in [1.29, 1.82) is 5.26 Å². The molecule has 4 nitrogen and oxygen atoms in total. The SMILES string of the molecule is CSC(C)(C)CNC(=O)NC(C)c1ccc(C#N)cc1. The van der Waals surface area contributed by atoms with Crippen LogP contribution in [0.25, 0.3) is 0 Å². The predicted molar refractivity (Wildman–Crippen MR) is 83.7 cm³/mol. The Morgan fingerprint density at radius 3 is 2.50 bits per heavy atom. The van der Waals surface area contributed by atoms with E-state index in [1.807, 2.05) is 25.3 Å². The predicted octanol–water partition coefficient (Wildman–Crippen LogP) is 3.06. The lowest BCUT2D eigenvalue weighted by Crippen LogP contribution is -2.42. The zero-order valence-electron chi connectivity index (χ0n) is 12.4. The standard InChI is InChI=1S/C15H21N3OS/c1-11(13-7-5-12(9-16)6-8-13)18-14(19)17-10-15(2,3)20-4/h5-8,11H,10H2,1-4H3,(H2,17,18,19). The summed E-state index contributed by atoms with van der Waals surface area (Å²) in [5.41, 5.74) is 1.59. The van der Waals surface area contributed by atoms with E-state index in [0.29, 0.717) is 12.1 Å². The Labute approximate surface area is 124 Å². The molecule has 0 saturated carbocycles. The van der Waals surface area contributed by atoms with Crippen molar-refractivity contribution in [1.82, 2.24) is 10.6 Å². The summed E-state index contributed by atoms with van der Waals surface area (Å²) < 4.78 is 0.0228. The highest BCUT2D eigenvalue weighted by Gasteiger charge is 2.17. The number of rotatable bonds is 5. The molecule has 108 valence electrons. The highest BCUT2D eigenvalue weighted by Crippen LogP contribution is 2.19. The lowest BCUT2D eigenvalue weighted by atomic mass is 10.1. The van der Waals surface area contributed by atoms with Crippen molar-refractivity contribution in [3.05, 3.63) is 35.4 Å². The average Bonchev–Trinajstić information content (AvgIpc) is 2.45. The van der Waals surface area contributed by atoms with Crippen molar-refractivity contribution in [2.45, 2.75) is 31.6 Å². The normalized spacial score (nSPS) is 12.3. The van der Waals surface area contributed by atoms with Gasteiger partial charge < -0.3 is 10.6 Å². The summed E-state index contributed by atoms with van der Waals surface area (Å²) in [6.45, 7) is 6.70. The summed E-state index contributed by atoms with van der Waals surface area (Å²) in [6.07, 6.45) is 2.03. The fraction of sp³-hybridized carbons (Fsp3) is 0.467. The second-order valence-electron chi connectivity index (χ2n) is 5.25. The number of carbonyl (C=O) groups is 1. The van der Waals surface area contributed by atoms with Gasteiger partial charge in [0.1, 0.15) is 0 Å². The summed E-state index contributed by atoms with van der Waals surface area (Å²) >= 11 is 1.72. The Bertz CT molecular complexity index is 491. The topological polar surface area (TPSA) is 64.9 Å². The lowest BCUT2D eigenvalue weighted by molar-refractivity contribution is 0.237. The molecule has 0 aliphatic heterocycles. The molecule has 1 unspecified atom stereocenters. The van der Waals surface area contributed by atoms with E-state index in [-0.39, 0.29) is 16.8 Å². The molecular formula is C15H21N3OS. The van der Waals surface area contributed by atoms with Crippen LogP contribution in [0.2, 0.25) is 0 Å². The van der Waals surface area contributed by atoms with Gasteiger partial charge in [-0.3, -0.25) is 0 Å². The molecule has 2 amide bonds. The first-order valence-corrected chi connectivity index (χ1v) is 7.70. The summed E-state index contributed by atoms with van der Waals surface area (Å²) in [4.78, 5) is 11.8. The van der Waals surface area contributed by atoms with E-state index in [9.17, 15) is 4.79 Å². The first-order chi connectivity index (χ1) is 9.38. The van der Waals surface area contributed by atoms with Crippen molar-refractivity contribution in [2.24, 2.45) is 0 Å². The Morgan fingerprint density at radius 1 is 1.40 bits per heavy atom. The molecule has 1 rings (SSSR count). The summed E-state index contributed by atoms with van der Waals surface area (Å²) in [7, 11) is 0. The maximum atomic E-state index is 11.8. The maximum Gasteiger partial charge on any atom is 0.315 e. The van der Waals surface area contributed by atoms with E-state index in [2.05, 4.69) is 30.6 Å². The van der Waals surface area contributed by atoms with Gasteiger partial charge in [0.15, 0.2) is 0 Å². The molecule has 0 heterocycles. The zero-order valence-corrected chi connectivity index (χ0v) is 13.2. The smallest absolute Gasteiger partial charge is 0.315 e. The Morgan fingerprint density at radius 2 is 2.00 bits per heavy atom. The summed E-state index contributed by atoms with van der Waals surface area (Å²) in [5, 5.41) is 14.5. The Hall–Kier alpha value is -1.67. The van der Waals surface area contributed by atoms with E-state index < -0.39 is 0 Å². The summed E-state index contributed by atoms with van der Waals surface area (Å²) in [5.74, 6) is 0. The molecule has 2 N–H and O–H groups in total. The van der Waals surface area contributed by atoms with Crippen molar-refractivity contribution in [3.8, 4) is 6.07 Å². The van der Waals surface area contributed by atoms with Crippen molar-refractivity contribution < 1.29 is 4.79 Å². The van der Waals surface area contributed by atoms with Gasteiger partial charge in [0, 0.05) is 11.3 Å². The van der Waals surface area contributed by atoms with E-state index in [0.717, 1.165) is 5.56 Å². The second-order valence-corrected chi connectivity index (χ2v) is 6.76. The van der Waals surface area contributed by atoms with Gasteiger partial charge in [0.25, 0.3) is 0 Å². The number of urea groups is 1. The van der Waals surface area contributed by atoms with Crippen LogP contribution >= 0.6 is 11.8 Å². The van der Waals surface area contributed by atoms with Crippen LogP contribution < -0.4 is 10.6 Å². The van der Waals surface area contributed by atoms with Crippen LogP contribution in [0.1, 0.15) is 37.9 Å². The quantitative estimate of drug-likeness (QED) is 0.876. The van der Waals surface area contributed by atoms with Gasteiger partial charge in [-0.15, -0.1) is 0 Å². The van der Waals surface area contributed by atoms with Crippen molar-refractivity contribution in [2.75, 3.05) is 12.8 Å². The van der Waals surface area contributed by atoms with E-state index >= 15 is 0 Å². The molecule has 1 aromatic carbocycles. The molecular weight excluding hydrogens is 270 g/mol. The van der Waals surface area contributed by atoms with Crippen LogP contribution in [0.5, 0.6) is 0 Å². The van der Waals surface area contributed by atoms with Gasteiger partial charge in [0.2, 0.25) is 0 Å². The molecule has 0 aromatic heterocycles. The molecule has 5 heteroatoms. The molecule has 0 saturated heterocycles. The summed E-state index contributed by atoms with van der Waals surface area (Å²) in [6, 6.07) is 9.02. The number of nitriles is 1. The van der Waals surface area contributed by atoms with E-state index in [1.165, 1.54) is 0 Å². The number of nitrogens with one attached hydrogen (secondary N) is 2. The van der Waals surface area contributed by atoms with Crippen LogP contribution in [0.15, 0.2) is 24.3 Å². The number of benzene rings is 1. The minimum atomic E-state index is -0.177. The molecule has 0 aliphatic carbocycles. The van der Waals surface area contributed by atoms with E-state index in [4.69, 9.17) is 5.26 Å². The molecule has 0 bridgehead atoms. The second kappa shape index (κ2) is 7.20. The van der Waals surface area contributed by atoms with Crippen LogP contribution in [0.4, 0.5) is 4.79 Å².